The molecule has 1 aromatic carbocycles. The predicted molar refractivity (Wildman–Crippen MR) is 152 cm³/mol. The number of carboxylic acid groups (broad SMARTS) is 1. The van der Waals surface area contributed by atoms with Gasteiger partial charge in [0.2, 0.25) is 0 Å². The predicted octanol–water partition coefficient (Wildman–Crippen LogP) is 7.10. The number of likely N-dealkylation sites (tertiary alicyclic amines) is 1. The number of nitrogens with zero attached hydrogens (tertiary/aromatic N) is 4. The molecule has 4 atom stereocenters. The summed E-state index contributed by atoms with van der Waals surface area (Å²) < 4.78 is 2.59. The van der Waals surface area contributed by atoms with Crippen molar-refractivity contribution in [3.05, 3.63) is 30.1 Å². The Morgan fingerprint density at radius 2 is 1.39 bits per heavy atom. The highest BCUT2D eigenvalue weighted by molar-refractivity contribution is 5.76. The lowest BCUT2D eigenvalue weighted by Crippen LogP contribution is -2.56. The van der Waals surface area contributed by atoms with E-state index >= 15 is 0 Å². The summed E-state index contributed by atoms with van der Waals surface area (Å²) in [7, 11) is 0. The minimum absolute atomic E-state index is 0.100. The van der Waals surface area contributed by atoms with Crippen molar-refractivity contribution in [1.82, 2.24) is 19.4 Å². The molecular formula is C32H48N4O2. The van der Waals surface area contributed by atoms with Gasteiger partial charge in [-0.2, -0.15) is 0 Å². The lowest BCUT2D eigenvalue weighted by Gasteiger charge is -2.53. The first-order valence-electron chi connectivity index (χ1n) is 15.9. The maximum atomic E-state index is 11.7. The first-order chi connectivity index (χ1) is 18.7. The van der Waals surface area contributed by atoms with Crippen molar-refractivity contribution in [2.24, 2.45) is 0 Å². The van der Waals surface area contributed by atoms with E-state index in [0.29, 0.717) is 18.1 Å². The van der Waals surface area contributed by atoms with Crippen LogP contribution in [0.1, 0.15) is 127 Å². The Morgan fingerprint density at radius 3 is 2.11 bits per heavy atom. The molecule has 0 spiro atoms. The molecule has 3 saturated heterocycles. The second kappa shape index (κ2) is 12.1. The van der Waals surface area contributed by atoms with Crippen LogP contribution in [-0.4, -0.2) is 61.6 Å². The van der Waals surface area contributed by atoms with Crippen LogP contribution in [0.3, 0.4) is 0 Å². The number of rotatable bonds is 5. The Kier molecular flexibility index (Phi) is 8.36. The third kappa shape index (κ3) is 5.54. The molecule has 38 heavy (non-hydrogen) atoms. The van der Waals surface area contributed by atoms with E-state index < -0.39 is 5.97 Å². The van der Waals surface area contributed by atoms with Crippen molar-refractivity contribution < 1.29 is 9.90 Å². The van der Waals surface area contributed by atoms with Gasteiger partial charge in [0.1, 0.15) is 5.82 Å². The van der Waals surface area contributed by atoms with Crippen molar-refractivity contribution in [3.63, 3.8) is 0 Å². The van der Waals surface area contributed by atoms with E-state index in [4.69, 9.17) is 4.98 Å². The SMILES string of the molecule is O=C(O)CN1CCCC[C@@H]1c1nc2ccccc2n1C1C[C@H]2CCC[C@@H](C1)N2C1CCCCCCCCC1. The fraction of sp³-hybridized carbons (Fsp3) is 0.750. The summed E-state index contributed by atoms with van der Waals surface area (Å²) in [6.07, 6.45) is 22.4. The molecule has 4 fully saturated rings. The molecule has 4 heterocycles. The summed E-state index contributed by atoms with van der Waals surface area (Å²) in [6.45, 7) is 0.963. The molecule has 1 saturated carbocycles. The maximum Gasteiger partial charge on any atom is 0.317 e. The van der Waals surface area contributed by atoms with Gasteiger partial charge >= 0.3 is 5.97 Å². The van der Waals surface area contributed by atoms with E-state index in [1.807, 2.05) is 0 Å². The van der Waals surface area contributed by atoms with Gasteiger partial charge in [0.15, 0.2) is 0 Å². The monoisotopic (exact) mass is 520 g/mol. The third-order valence-electron chi connectivity index (χ3n) is 10.2. The number of piperidine rings is 3. The number of para-hydroxylation sites is 2. The van der Waals surface area contributed by atoms with Crippen molar-refractivity contribution in [2.45, 2.75) is 139 Å². The van der Waals surface area contributed by atoms with Gasteiger partial charge < -0.3 is 9.67 Å². The van der Waals surface area contributed by atoms with E-state index in [2.05, 4.69) is 38.6 Å². The number of benzene rings is 1. The standard InChI is InChI=1S/C32H48N4O2/c37-31(38)23-34-20-11-10-19-30(34)32-33-28-17-8-9-18-29(28)36(32)27-21-25-15-12-16-26(22-27)35(25)24-13-6-4-2-1-3-5-7-14-24/h8-9,17-18,24-27,30H,1-7,10-16,19-23H2,(H,37,38)/t25-,26+,27?,30-/m1/s1. The quantitative estimate of drug-likeness (QED) is 0.456. The van der Waals surface area contributed by atoms with Gasteiger partial charge in [0.25, 0.3) is 0 Å². The molecule has 1 N–H and O–H groups in total. The van der Waals surface area contributed by atoms with E-state index in [0.717, 1.165) is 43.2 Å². The number of carbonyl (C=O) groups is 1. The smallest absolute Gasteiger partial charge is 0.317 e. The minimum Gasteiger partial charge on any atom is -0.480 e. The first kappa shape index (κ1) is 26.3. The lowest BCUT2D eigenvalue weighted by atomic mass is 9.79. The third-order valence-corrected chi connectivity index (χ3v) is 10.2. The molecule has 6 rings (SSSR count). The number of hydrogen-bond donors (Lipinski definition) is 1. The number of fused-ring (bicyclic) bond motifs is 3. The van der Waals surface area contributed by atoms with E-state index in [-0.39, 0.29) is 12.6 Å². The van der Waals surface area contributed by atoms with Gasteiger partial charge in [-0.1, -0.05) is 69.9 Å². The van der Waals surface area contributed by atoms with Crippen LogP contribution in [0.5, 0.6) is 0 Å². The first-order valence-corrected chi connectivity index (χ1v) is 15.9. The zero-order valence-electron chi connectivity index (χ0n) is 23.3. The van der Waals surface area contributed by atoms with E-state index in [1.165, 1.54) is 95.4 Å². The molecule has 4 aliphatic rings. The van der Waals surface area contributed by atoms with Crippen LogP contribution in [0.4, 0.5) is 0 Å². The van der Waals surface area contributed by atoms with Crippen LogP contribution in [0.25, 0.3) is 11.0 Å². The van der Waals surface area contributed by atoms with Crippen LogP contribution < -0.4 is 0 Å². The number of aliphatic carboxylic acids is 1. The largest absolute Gasteiger partial charge is 0.480 e. The molecule has 6 nitrogen and oxygen atoms in total. The molecule has 2 bridgehead atoms. The second-order valence-corrected chi connectivity index (χ2v) is 12.7. The molecule has 3 aliphatic heterocycles. The lowest BCUT2D eigenvalue weighted by molar-refractivity contribution is -0.139. The van der Waals surface area contributed by atoms with Crippen LogP contribution in [0.15, 0.2) is 24.3 Å². The fourth-order valence-corrected chi connectivity index (χ4v) is 8.61. The van der Waals surface area contributed by atoms with E-state index in [1.54, 1.807) is 0 Å². The Morgan fingerprint density at radius 1 is 0.763 bits per heavy atom. The Hall–Kier alpha value is -1.92. The van der Waals surface area contributed by atoms with Gasteiger partial charge in [0, 0.05) is 24.2 Å². The molecule has 0 radical (unpaired) electrons. The van der Waals surface area contributed by atoms with Crippen LogP contribution in [0, 0.1) is 0 Å². The highest BCUT2D eigenvalue weighted by atomic mass is 16.4. The van der Waals surface area contributed by atoms with Crippen LogP contribution in [0.2, 0.25) is 0 Å². The highest BCUT2D eigenvalue weighted by Crippen LogP contribution is 2.45. The van der Waals surface area contributed by atoms with Gasteiger partial charge in [-0.3, -0.25) is 14.6 Å². The average molecular weight is 521 g/mol. The number of aromatic nitrogens is 2. The Balaban J connectivity index is 1.30. The normalized spacial score (nSPS) is 30.8. The zero-order valence-corrected chi connectivity index (χ0v) is 23.3. The summed E-state index contributed by atoms with van der Waals surface area (Å²) in [4.78, 5) is 22.2. The molecule has 0 amide bonds. The molecule has 6 heteroatoms. The van der Waals surface area contributed by atoms with Crippen LogP contribution in [-0.2, 0) is 4.79 Å². The molecule has 1 aliphatic carbocycles. The summed E-state index contributed by atoms with van der Waals surface area (Å²) >= 11 is 0. The number of imidazole rings is 1. The van der Waals surface area contributed by atoms with Gasteiger partial charge in [-0.15, -0.1) is 0 Å². The second-order valence-electron chi connectivity index (χ2n) is 12.7. The highest BCUT2D eigenvalue weighted by Gasteiger charge is 2.43. The summed E-state index contributed by atoms with van der Waals surface area (Å²) in [5, 5.41) is 9.65. The molecule has 1 unspecified atom stereocenters. The van der Waals surface area contributed by atoms with Crippen molar-refractivity contribution >= 4 is 17.0 Å². The summed E-state index contributed by atoms with van der Waals surface area (Å²) in [5.41, 5.74) is 2.32. The van der Waals surface area contributed by atoms with Crippen molar-refractivity contribution in [1.29, 1.82) is 0 Å². The summed E-state index contributed by atoms with van der Waals surface area (Å²) in [5.74, 6) is 0.399. The maximum absolute atomic E-state index is 11.7. The Labute approximate surface area is 228 Å². The zero-order chi connectivity index (χ0) is 25.9. The Bertz CT molecular complexity index is 1060. The van der Waals surface area contributed by atoms with Gasteiger partial charge in [-0.25, -0.2) is 4.98 Å². The number of hydrogen-bond acceptors (Lipinski definition) is 4. The number of carboxylic acids is 1. The topological polar surface area (TPSA) is 61.6 Å². The minimum atomic E-state index is -0.729. The summed E-state index contributed by atoms with van der Waals surface area (Å²) in [6, 6.07) is 11.3. The van der Waals surface area contributed by atoms with Crippen molar-refractivity contribution in [3.8, 4) is 0 Å². The molecule has 1 aromatic heterocycles. The molecule has 2 aromatic rings. The van der Waals surface area contributed by atoms with Crippen molar-refractivity contribution in [2.75, 3.05) is 13.1 Å². The molecular weight excluding hydrogens is 472 g/mol. The molecule has 208 valence electrons. The van der Waals surface area contributed by atoms with Gasteiger partial charge in [0.05, 0.1) is 23.6 Å². The van der Waals surface area contributed by atoms with E-state index in [9.17, 15) is 9.90 Å². The average Bonchev–Trinajstić information content (AvgIpc) is 3.30. The fourth-order valence-electron chi connectivity index (χ4n) is 8.61. The van der Waals surface area contributed by atoms with Crippen LogP contribution >= 0.6 is 0 Å². The van der Waals surface area contributed by atoms with Gasteiger partial charge in [-0.05, 0) is 70.0 Å².